The Morgan fingerprint density at radius 1 is 1.31 bits per heavy atom. The lowest BCUT2D eigenvalue weighted by molar-refractivity contribution is -0.147. The number of carboxylic acids is 1. The van der Waals surface area contributed by atoms with E-state index in [1.54, 1.807) is 20.8 Å². The Labute approximate surface area is 92.5 Å². The lowest BCUT2D eigenvalue weighted by Gasteiger charge is -2.18. The first-order valence-corrected chi connectivity index (χ1v) is 4.54. The van der Waals surface area contributed by atoms with Gasteiger partial charge < -0.3 is 20.3 Å². The highest BCUT2D eigenvalue weighted by atomic mass is 16.7. The maximum Gasteiger partial charge on any atom is 0.516 e. The summed E-state index contributed by atoms with van der Waals surface area (Å²) >= 11 is 0. The van der Waals surface area contributed by atoms with Gasteiger partial charge in [0.25, 0.3) is 0 Å². The molecule has 16 heavy (non-hydrogen) atoms. The van der Waals surface area contributed by atoms with Gasteiger partial charge in [0.15, 0.2) is 0 Å². The molecule has 0 rings (SSSR count). The third-order valence-electron chi connectivity index (χ3n) is 1.29. The molecule has 0 fully saturated rings. The fourth-order valence-electron chi connectivity index (χ4n) is 0.672. The maximum atomic E-state index is 11.0. The number of hydrogen-bond acceptors (Lipinski definition) is 6. The van der Waals surface area contributed by atoms with Gasteiger partial charge in [-0.25, -0.2) is 4.79 Å². The van der Waals surface area contributed by atoms with Crippen LogP contribution in [0.15, 0.2) is 0 Å². The summed E-state index contributed by atoms with van der Waals surface area (Å²) in [5.74, 6) is -2.38. The van der Waals surface area contributed by atoms with Crippen molar-refractivity contribution in [2.24, 2.45) is 5.73 Å². The summed E-state index contributed by atoms with van der Waals surface area (Å²) in [5, 5.41) is 8.40. The van der Waals surface area contributed by atoms with Crippen LogP contribution >= 0.6 is 0 Å². The van der Waals surface area contributed by atoms with Gasteiger partial charge in [0.05, 0.1) is 6.42 Å². The predicted molar refractivity (Wildman–Crippen MR) is 52.6 cm³/mol. The van der Waals surface area contributed by atoms with Crippen molar-refractivity contribution in [1.82, 2.24) is 0 Å². The molecule has 0 saturated heterocycles. The van der Waals surface area contributed by atoms with Crippen LogP contribution in [0.4, 0.5) is 4.79 Å². The highest BCUT2D eigenvalue weighted by Gasteiger charge is 2.23. The van der Waals surface area contributed by atoms with Crippen molar-refractivity contribution in [3.8, 4) is 0 Å². The van der Waals surface area contributed by atoms with Crippen LogP contribution in [0.1, 0.15) is 27.2 Å². The minimum Gasteiger partial charge on any atom is -0.480 e. The maximum absolute atomic E-state index is 11.0. The Morgan fingerprint density at radius 2 is 1.81 bits per heavy atom. The summed E-state index contributed by atoms with van der Waals surface area (Å²) in [5.41, 5.74) is 4.28. The molecule has 0 heterocycles. The Kier molecular flexibility index (Phi) is 4.90. The molecule has 92 valence electrons. The number of nitrogens with two attached hydrogens (primary N) is 1. The monoisotopic (exact) mass is 233 g/mol. The Morgan fingerprint density at radius 3 is 2.19 bits per heavy atom. The van der Waals surface area contributed by atoms with Crippen LogP contribution in [0.5, 0.6) is 0 Å². The standard InChI is InChI=1S/C9H15NO6/c1-9(2,3)16-8(14)15-6(11)4-5(10)7(12)13/h5H,4,10H2,1-3H3,(H,12,13)/t5-/m1/s1. The number of aliphatic carboxylic acids is 1. The first-order chi connectivity index (χ1) is 7.11. The van der Waals surface area contributed by atoms with E-state index in [0.29, 0.717) is 0 Å². The molecular weight excluding hydrogens is 218 g/mol. The third kappa shape index (κ3) is 6.77. The second-order valence-electron chi connectivity index (χ2n) is 4.09. The average molecular weight is 233 g/mol. The molecule has 0 unspecified atom stereocenters. The van der Waals surface area contributed by atoms with Crippen LogP contribution < -0.4 is 5.73 Å². The van der Waals surface area contributed by atoms with Crippen molar-refractivity contribution in [1.29, 1.82) is 0 Å². The molecule has 0 radical (unpaired) electrons. The van der Waals surface area contributed by atoms with Crippen molar-refractivity contribution in [3.05, 3.63) is 0 Å². The largest absolute Gasteiger partial charge is 0.516 e. The van der Waals surface area contributed by atoms with Crippen LogP contribution in [0, 0.1) is 0 Å². The molecular formula is C9H15NO6. The summed E-state index contributed by atoms with van der Waals surface area (Å²) in [6.45, 7) is 4.80. The van der Waals surface area contributed by atoms with E-state index in [0.717, 1.165) is 0 Å². The van der Waals surface area contributed by atoms with Crippen LogP contribution in [-0.2, 0) is 19.1 Å². The Balaban J connectivity index is 4.07. The molecule has 1 atom stereocenters. The molecule has 0 aromatic rings. The second-order valence-corrected chi connectivity index (χ2v) is 4.09. The van der Waals surface area contributed by atoms with Gasteiger partial charge in [-0.15, -0.1) is 0 Å². The van der Waals surface area contributed by atoms with Crippen molar-refractivity contribution in [2.75, 3.05) is 0 Å². The van der Waals surface area contributed by atoms with E-state index in [1.165, 1.54) is 0 Å². The molecule has 3 N–H and O–H groups in total. The fraction of sp³-hybridized carbons (Fsp3) is 0.667. The normalized spacial score (nSPS) is 12.8. The van der Waals surface area contributed by atoms with E-state index in [-0.39, 0.29) is 0 Å². The van der Waals surface area contributed by atoms with Crippen LogP contribution in [0.2, 0.25) is 0 Å². The fourth-order valence-corrected chi connectivity index (χ4v) is 0.672. The van der Waals surface area contributed by atoms with Gasteiger partial charge in [-0.2, -0.15) is 0 Å². The molecule has 0 aliphatic rings. The predicted octanol–water partition coefficient (Wildman–Crippen LogP) is 0.267. The summed E-state index contributed by atoms with van der Waals surface area (Å²) in [7, 11) is 0. The molecule has 7 nitrogen and oxygen atoms in total. The third-order valence-corrected chi connectivity index (χ3v) is 1.29. The molecule has 0 aromatic carbocycles. The first kappa shape index (κ1) is 14.4. The van der Waals surface area contributed by atoms with E-state index in [1.807, 2.05) is 0 Å². The van der Waals surface area contributed by atoms with E-state index in [9.17, 15) is 14.4 Å². The van der Waals surface area contributed by atoms with Gasteiger partial charge in [-0.1, -0.05) is 0 Å². The first-order valence-electron chi connectivity index (χ1n) is 4.54. The highest BCUT2D eigenvalue weighted by Crippen LogP contribution is 2.08. The molecule has 0 aromatic heterocycles. The number of carboxylic acid groups (broad SMARTS) is 1. The second kappa shape index (κ2) is 5.45. The molecule has 0 saturated carbocycles. The van der Waals surface area contributed by atoms with E-state index in [2.05, 4.69) is 9.47 Å². The van der Waals surface area contributed by atoms with E-state index in [4.69, 9.17) is 10.8 Å². The number of rotatable bonds is 3. The topological polar surface area (TPSA) is 116 Å². The van der Waals surface area contributed by atoms with Crippen molar-refractivity contribution < 1.29 is 29.0 Å². The molecule has 0 aliphatic heterocycles. The number of ether oxygens (including phenoxy) is 2. The molecule has 0 aliphatic carbocycles. The van der Waals surface area contributed by atoms with Gasteiger partial charge in [0.2, 0.25) is 0 Å². The zero-order chi connectivity index (χ0) is 12.9. The number of hydrogen-bond donors (Lipinski definition) is 2. The lowest BCUT2D eigenvalue weighted by atomic mass is 10.2. The van der Waals surface area contributed by atoms with Crippen molar-refractivity contribution >= 4 is 18.1 Å². The number of carbonyl (C=O) groups excluding carboxylic acids is 2. The number of carbonyl (C=O) groups is 3. The van der Waals surface area contributed by atoms with E-state index < -0.39 is 36.2 Å². The Hall–Kier alpha value is -1.63. The van der Waals surface area contributed by atoms with Crippen LogP contribution in [-0.4, -0.2) is 34.8 Å². The summed E-state index contributed by atoms with van der Waals surface area (Å²) < 4.78 is 8.88. The van der Waals surface area contributed by atoms with Gasteiger partial charge in [0, 0.05) is 0 Å². The number of esters is 1. The zero-order valence-corrected chi connectivity index (χ0v) is 9.35. The zero-order valence-electron chi connectivity index (χ0n) is 9.35. The summed E-state index contributed by atoms with van der Waals surface area (Å²) in [4.78, 5) is 32.3. The lowest BCUT2D eigenvalue weighted by Crippen LogP contribution is -2.34. The van der Waals surface area contributed by atoms with Gasteiger partial charge in [-0.3, -0.25) is 9.59 Å². The summed E-state index contributed by atoms with van der Waals surface area (Å²) in [6.07, 6.45) is -1.76. The smallest absolute Gasteiger partial charge is 0.480 e. The quantitative estimate of drug-likeness (QED) is 0.530. The van der Waals surface area contributed by atoms with E-state index >= 15 is 0 Å². The minimum absolute atomic E-state index is 0.589. The van der Waals surface area contributed by atoms with Gasteiger partial charge in [-0.05, 0) is 20.8 Å². The molecule has 0 spiro atoms. The molecule has 0 amide bonds. The Bertz CT molecular complexity index is 293. The molecule has 7 heteroatoms. The van der Waals surface area contributed by atoms with Crippen molar-refractivity contribution in [2.45, 2.75) is 38.8 Å². The average Bonchev–Trinajstić information content (AvgIpc) is 1.98. The van der Waals surface area contributed by atoms with Crippen LogP contribution in [0.3, 0.4) is 0 Å². The van der Waals surface area contributed by atoms with Gasteiger partial charge in [0.1, 0.15) is 11.6 Å². The highest BCUT2D eigenvalue weighted by molar-refractivity contribution is 5.86. The van der Waals surface area contributed by atoms with Gasteiger partial charge >= 0.3 is 18.1 Å². The summed E-state index contributed by atoms with van der Waals surface area (Å²) in [6, 6.07) is -1.39. The SMILES string of the molecule is CC(C)(C)OC(=O)OC(=O)C[C@@H](N)C(=O)O. The minimum atomic E-state index is -1.39. The van der Waals surface area contributed by atoms with Crippen molar-refractivity contribution in [3.63, 3.8) is 0 Å². The van der Waals surface area contributed by atoms with Crippen LogP contribution in [0.25, 0.3) is 0 Å². The molecule has 0 bridgehead atoms.